The molecule has 3 aromatic heterocycles. The fourth-order valence-corrected chi connectivity index (χ4v) is 3.72. The van der Waals surface area contributed by atoms with Crippen molar-refractivity contribution in [2.75, 3.05) is 0 Å². The average Bonchev–Trinajstić information content (AvgIpc) is 3.27. The molecule has 4 rings (SSSR count). The smallest absolute Gasteiger partial charge is 0.268 e. The van der Waals surface area contributed by atoms with E-state index in [9.17, 15) is 4.79 Å². The number of nitrogens with zero attached hydrogens (tertiary/aromatic N) is 5. The molecule has 0 saturated carbocycles. The van der Waals surface area contributed by atoms with Crippen LogP contribution in [0.25, 0.3) is 34.3 Å². The van der Waals surface area contributed by atoms with E-state index in [4.69, 9.17) is 9.40 Å². The molecule has 0 radical (unpaired) electrons. The third-order valence-corrected chi connectivity index (χ3v) is 5.72. The average molecular weight is 475 g/mol. The lowest BCUT2D eigenvalue weighted by atomic mass is 10.0. The van der Waals surface area contributed by atoms with Crippen molar-refractivity contribution in [3.8, 4) is 34.3 Å². The van der Waals surface area contributed by atoms with Crippen LogP contribution in [0.15, 0.2) is 51.9 Å². The summed E-state index contributed by atoms with van der Waals surface area (Å²) < 4.78 is 7.72. The second-order valence-corrected chi connectivity index (χ2v) is 10.1. The van der Waals surface area contributed by atoms with Crippen LogP contribution in [-0.2, 0) is 6.54 Å². The van der Waals surface area contributed by atoms with Gasteiger partial charge in [0.15, 0.2) is 0 Å². The summed E-state index contributed by atoms with van der Waals surface area (Å²) >= 11 is 0. The van der Waals surface area contributed by atoms with Gasteiger partial charge in [-0.1, -0.05) is 12.1 Å². The lowest BCUT2D eigenvalue weighted by Gasteiger charge is -2.20. The van der Waals surface area contributed by atoms with E-state index in [0.29, 0.717) is 28.9 Å². The zero-order chi connectivity index (χ0) is 25.3. The Morgan fingerprint density at radius 3 is 2.51 bits per heavy atom. The Hall–Kier alpha value is -3.65. The van der Waals surface area contributed by atoms with E-state index in [0.717, 1.165) is 23.2 Å². The molecule has 3 heterocycles. The van der Waals surface area contributed by atoms with E-state index in [1.54, 1.807) is 29.1 Å². The summed E-state index contributed by atoms with van der Waals surface area (Å²) in [6, 6.07) is 9.55. The van der Waals surface area contributed by atoms with Crippen LogP contribution in [0.2, 0.25) is 0 Å². The predicted octanol–water partition coefficient (Wildman–Crippen LogP) is 5.35. The molecule has 184 valence electrons. The third kappa shape index (κ3) is 5.54. The molecule has 0 amide bonds. The maximum absolute atomic E-state index is 12.1. The van der Waals surface area contributed by atoms with Gasteiger partial charge in [-0.15, -0.1) is 10.2 Å². The molecule has 1 N–H and O–H groups in total. The lowest BCUT2D eigenvalue weighted by Crippen LogP contribution is -2.35. The second kappa shape index (κ2) is 9.54. The monoisotopic (exact) mass is 474 g/mol. The van der Waals surface area contributed by atoms with Gasteiger partial charge in [-0.3, -0.25) is 9.78 Å². The van der Waals surface area contributed by atoms with Crippen LogP contribution in [0.3, 0.4) is 0 Å². The summed E-state index contributed by atoms with van der Waals surface area (Å²) in [7, 11) is 0. The van der Waals surface area contributed by atoms with E-state index < -0.39 is 0 Å². The molecule has 0 spiro atoms. The normalized spacial score (nSPS) is 11.9. The maximum Gasteiger partial charge on any atom is 0.268 e. The standard InChI is InChI=1S/C27H32N6O2.H2/c1-16(2)33-15-20(9-11-23(33)34)22-14-28-18(4)24(30-22)26-32-31-25(35-26)21-10-8-19(12-17(21)3)13-29-27(5,6)7;/h8-12,14-16,29H,13H2,1-7H3;1H. The highest BCUT2D eigenvalue weighted by molar-refractivity contribution is 5.64. The summed E-state index contributed by atoms with van der Waals surface area (Å²) in [4.78, 5) is 21.4. The van der Waals surface area contributed by atoms with Crippen LogP contribution in [0.4, 0.5) is 0 Å². The third-order valence-electron chi connectivity index (χ3n) is 5.72. The molecule has 0 bridgehead atoms. The Morgan fingerprint density at radius 2 is 1.83 bits per heavy atom. The van der Waals surface area contributed by atoms with Crippen molar-refractivity contribution in [1.82, 2.24) is 30.0 Å². The fourth-order valence-electron chi connectivity index (χ4n) is 3.72. The quantitative estimate of drug-likeness (QED) is 0.402. The Balaban J connectivity index is 0.00000361. The number of pyridine rings is 1. The highest BCUT2D eigenvalue weighted by Gasteiger charge is 2.18. The highest BCUT2D eigenvalue weighted by Crippen LogP contribution is 2.28. The second-order valence-electron chi connectivity index (χ2n) is 10.1. The number of hydrogen-bond acceptors (Lipinski definition) is 7. The van der Waals surface area contributed by atoms with Crippen molar-refractivity contribution in [3.63, 3.8) is 0 Å². The number of rotatable bonds is 6. The first-order valence-electron chi connectivity index (χ1n) is 11.8. The molecule has 0 aliphatic heterocycles. The van der Waals surface area contributed by atoms with Crippen molar-refractivity contribution in [3.05, 3.63) is 69.9 Å². The summed E-state index contributed by atoms with van der Waals surface area (Å²) in [6.07, 6.45) is 3.49. The van der Waals surface area contributed by atoms with Gasteiger partial charge in [0.2, 0.25) is 5.89 Å². The molecule has 0 aliphatic rings. The number of nitrogens with one attached hydrogen (secondary N) is 1. The molecule has 35 heavy (non-hydrogen) atoms. The van der Waals surface area contributed by atoms with Crippen LogP contribution in [0, 0.1) is 13.8 Å². The first kappa shape index (κ1) is 24.5. The van der Waals surface area contributed by atoms with Crippen LogP contribution >= 0.6 is 0 Å². The van der Waals surface area contributed by atoms with Gasteiger partial charge < -0.3 is 14.3 Å². The van der Waals surface area contributed by atoms with Crippen molar-refractivity contribution in [2.45, 2.75) is 66.6 Å². The van der Waals surface area contributed by atoms with E-state index >= 15 is 0 Å². The molecular weight excluding hydrogens is 440 g/mol. The van der Waals surface area contributed by atoms with Crippen molar-refractivity contribution in [2.24, 2.45) is 0 Å². The van der Waals surface area contributed by atoms with E-state index in [2.05, 4.69) is 53.4 Å². The highest BCUT2D eigenvalue weighted by atomic mass is 16.4. The van der Waals surface area contributed by atoms with Gasteiger partial charge in [-0.2, -0.15) is 0 Å². The van der Waals surface area contributed by atoms with Gasteiger partial charge >= 0.3 is 0 Å². The summed E-state index contributed by atoms with van der Waals surface area (Å²) in [5, 5.41) is 12.1. The zero-order valence-electron chi connectivity index (χ0n) is 21.4. The minimum absolute atomic E-state index is 0. The Kier molecular flexibility index (Phi) is 6.67. The number of benzene rings is 1. The number of aryl methyl sites for hydroxylation is 2. The van der Waals surface area contributed by atoms with Gasteiger partial charge in [-0.25, -0.2) is 4.98 Å². The Labute approximate surface area is 207 Å². The molecular formula is C27H34N6O2. The molecule has 0 aliphatic carbocycles. The molecule has 8 nitrogen and oxygen atoms in total. The molecule has 8 heteroatoms. The first-order valence-corrected chi connectivity index (χ1v) is 11.8. The van der Waals surface area contributed by atoms with Crippen LogP contribution in [0.1, 0.15) is 58.9 Å². The number of hydrogen-bond donors (Lipinski definition) is 1. The van der Waals surface area contributed by atoms with Gasteiger partial charge in [0.25, 0.3) is 11.4 Å². The topological polar surface area (TPSA) is 98.7 Å². The molecule has 1 aromatic carbocycles. The van der Waals surface area contributed by atoms with Gasteiger partial charge in [0, 0.05) is 42.9 Å². The maximum atomic E-state index is 12.1. The minimum Gasteiger partial charge on any atom is -0.415 e. The van der Waals surface area contributed by atoms with E-state index in [-0.39, 0.29) is 18.6 Å². The zero-order valence-corrected chi connectivity index (χ0v) is 21.4. The molecule has 4 aromatic rings. The molecule has 0 fully saturated rings. The Bertz CT molecular complexity index is 1420. The van der Waals surface area contributed by atoms with Crippen LogP contribution in [-0.4, -0.2) is 30.3 Å². The van der Waals surface area contributed by atoms with Crippen molar-refractivity contribution < 1.29 is 5.84 Å². The summed E-state index contributed by atoms with van der Waals surface area (Å²) in [5.41, 5.74) is 5.75. The largest absolute Gasteiger partial charge is 0.415 e. The lowest BCUT2D eigenvalue weighted by molar-refractivity contribution is 0.424. The number of aromatic nitrogens is 5. The van der Waals surface area contributed by atoms with Gasteiger partial charge in [0.1, 0.15) is 5.69 Å². The molecule has 0 atom stereocenters. The van der Waals surface area contributed by atoms with Gasteiger partial charge in [0.05, 0.1) is 17.6 Å². The summed E-state index contributed by atoms with van der Waals surface area (Å²) in [5.74, 6) is 0.745. The first-order chi connectivity index (χ1) is 16.5. The predicted molar refractivity (Wildman–Crippen MR) is 139 cm³/mol. The fraction of sp³-hybridized carbons (Fsp3) is 0.370. The minimum atomic E-state index is -0.0545. The Morgan fingerprint density at radius 1 is 1.09 bits per heavy atom. The van der Waals surface area contributed by atoms with Gasteiger partial charge in [-0.05, 0) is 71.7 Å². The molecule has 0 saturated heterocycles. The van der Waals surface area contributed by atoms with Crippen molar-refractivity contribution >= 4 is 0 Å². The van der Waals surface area contributed by atoms with E-state index in [1.807, 2.05) is 33.8 Å². The SMILES string of the molecule is Cc1cc(CNC(C)(C)C)ccc1-c1nnc(-c2nc(-c3ccc(=O)n(C(C)C)c3)cnc2C)o1.[HH]. The van der Waals surface area contributed by atoms with Crippen LogP contribution in [0.5, 0.6) is 0 Å². The van der Waals surface area contributed by atoms with Crippen molar-refractivity contribution in [1.29, 1.82) is 0 Å². The molecule has 0 unspecified atom stereocenters. The summed E-state index contributed by atoms with van der Waals surface area (Å²) in [6.45, 7) is 15.0. The van der Waals surface area contributed by atoms with E-state index in [1.165, 1.54) is 5.56 Å². The van der Waals surface area contributed by atoms with Crippen LogP contribution < -0.4 is 10.9 Å².